The lowest BCUT2D eigenvalue weighted by Gasteiger charge is -2.33. The summed E-state index contributed by atoms with van der Waals surface area (Å²) in [6, 6.07) is 11.1. The SMILES string of the molecule is C[C@@H](C(=O)NC1CCCCC1)N(Cc1ccc(Cl)c(Cl)c1)C(=O)CN(c1ccc(I)cc1)S(C)(=O)=O. The molecule has 0 aliphatic heterocycles. The van der Waals surface area contributed by atoms with E-state index in [0.717, 1.165) is 46.2 Å². The lowest BCUT2D eigenvalue weighted by Crippen LogP contribution is -2.52. The van der Waals surface area contributed by atoms with Crippen molar-refractivity contribution in [3.05, 3.63) is 61.6 Å². The van der Waals surface area contributed by atoms with Crippen molar-refractivity contribution < 1.29 is 18.0 Å². The molecule has 0 saturated heterocycles. The quantitative estimate of drug-likeness (QED) is 0.372. The molecule has 11 heteroatoms. The first kappa shape index (κ1) is 29.0. The molecule has 1 aliphatic rings. The fourth-order valence-electron chi connectivity index (χ4n) is 4.21. The van der Waals surface area contributed by atoms with E-state index < -0.39 is 28.5 Å². The Labute approximate surface area is 236 Å². The Balaban J connectivity index is 1.88. The van der Waals surface area contributed by atoms with Crippen LogP contribution in [0.3, 0.4) is 0 Å². The van der Waals surface area contributed by atoms with E-state index in [1.807, 2.05) is 0 Å². The van der Waals surface area contributed by atoms with Crippen molar-refractivity contribution in [3.63, 3.8) is 0 Å². The first-order valence-electron chi connectivity index (χ1n) is 11.7. The first-order valence-corrected chi connectivity index (χ1v) is 15.4. The lowest BCUT2D eigenvalue weighted by atomic mass is 9.95. The normalized spacial score (nSPS) is 15.2. The second-order valence-corrected chi connectivity index (χ2v) is 13.0. The zero-order valence-corrected chi connectivity index (χ0v) is 24.7. The van der Waals surface area contributed by atoms with Crippen LogP contribution in [0.25, 0.3) is 0 Å². The van der Waals surface area contributed by atoms with Gasteiger partial charge in [0, 0.05) is 16.2 Å². The highest BCUT2D eigenvalue weighted by molar-refractivity contribution is 14.1. The van der Waals surface area contributed by atoms with Gasteiger partial charge in [0.2, 0.25) is 21.8 Å². The average Bonchev–Trinajstić information content (AvgIpc) is 2.83. The van der Waals surface area contributed by atoms with Crippen molar-refractivity contribution in [1.29, 1.82) is 0 Å². The van der Waals surface area contributed by atoms with Gasteiger partial charge in [-0.05, 0) is 84.3 Å². The third-order valence-electron chi connectivity index (χ3n) is 6.25. The predicted molar refractivity (Wildman–Crippen MR) is 153 cm³/mol. The molecule has 3 rings (SSSR count). The highest BCUT2D eigenvalue weighted by Crippen LogP contribution is 2.25. The minimum atomic E-state index is -3.77. The van der Waals surface area contributed by atoms with E-state index >= 15 is 0 Å². The maximum absolute atomic E-state index is 13.6. The van der Waals surface area contributed by atoms with Crippen molar-refractivity contribution in [1.82, 2.24) is 10.2 Å². The molecule has 0 heterocycles. The van der Waals surface area contributed by atoms with Crippen molar-refractivity contribution in [3.8, 4) is 0 Å². The van der Waals surface area contributed by atoms with Gasteiger partial charge in [-0.2, -0.15) is 0 Å². The zero-order valence-electron chi connectivity index (χ0n) is 20.2. The van der Waals surface area contributed by atoms with Crippen LogP contribution in [0.1, 0.15) is 44.6 Å². The topological polar surface area (TPSA) is 86.8 Å². The maximum atomic E-state index is 13.6. The van der Waals surface area contributed by atoms with Crippen LogP contribution in [0.5, 0.6) is 0 Å². The summed E-state index contributed by atoms with van der Waals surface area (Å²) in [4.78, 5) is 28.2. The van der Waals surface area contributed by atoms with Crippen molar-refractivity contribution in [2.75, 3.05) is 17.1 Å². The number of carbonyl (C=O) groups excluding carboxylic acids is 2. The molecule has 1 N–H and O–H groups in total. The summed E-state index contributed by atoms with van der Waals surface area (Å²) in [5.74, 6) is -0.771. The van der Waals surface area contributed by atoms with Crippen LogP contribution in [0.15, 0.2) is 42.5 Å². The Morgan fingerprint density at radius 2 is 1.69 bits per heavy atom. The van der Waals surface area contributed by atoms with Gasteiger partial charge in [-0.15, -0.1) is 0 Å². The minimum Gasteiger partial charge on any atom is -0.352 e. The Morgan fingerprint density at radius 3 is 2.28 bits per heavy atom. The van der Waals surface area contributed by atoms with Crippen LogP contribution in [-0.2, 0) is 26.2 Å². The molecule has 2 aromatic rings. The monoisotopic (exact) mass is 665 g/mol. The van der Waals surface area contributed by atoms with E-state index in [1.165, 1.54) is 4.90 Å². The Hall–Kier alpha value is -1.56. The number of nitrogens with zero attached hydrogens (tertiary/aromatic N) is 2. The van der Waals surface area contributed by atoms with Gasteiger partial charge in [-0.1, -0.05) is 48.5 Å². The van der Waals surface area contributed by atoms with Crippen LogP contribution in [0.4, 0.5) is 5.69 Å². The Morgan fingerprint density at radius 1 is 1.06 bits per heavy atom. The van der Waals surface area contributed by atoms with Gasteiger partial charge in [0.25, 0.3) is 0 Å². The van der Waals surface area contributed by atoms with Gasteiger partial charge in [0.15, 0.2) is 0 Å². The Bertz CT molecular complexity index is 1190. The summed E-state index contributed by atoms with van der Waals surface area (Å²) < 4.78 is 27.2. The second-order valence-electron chi connectivity index (χ2n) is 9.04. The summed E-state index contributed by atoms with van der Waals surface area (Å²) in [7, 11) is -3.77. The molecular weight excluding hydrogens is 636 g/mol. The summed E-state index contributed by atoms with van der Waals surface area (Å²) in [5, 5.41) is 3.78. The van der Waals surface area contributed by atoms with E-state index in [-0.39, 0.29) is 18.5 Å². The predicted octanol–water partition coefficient (Wildman–Crippen LogP) is 5.23. The maximum Gasteiger partial charge on any atom is 0.244 e. The number of nitrogens with one attached hydrogen (secondary N) is 1. The fraction of sp³-hybridized carbons (Fsp3) is 0.440. The number of sulfonamides is 1. The molecule has 0 spiro atoms. The lowest BCUT2D eigenvalue weighted by molar-refractivity contribution is -0.139. The molecule has 196 valence electrons. The Kier molecular flexibility index (Phi) is 10.3. The molecule has 0 bridgehead atoms. The number of hydrogen-bond acceptors (Lipinski definition) is 4. The standard InChI is InChI=1S/C25H30Cl2IN3O4S/c1-17(25(33)29-20-6-4-3-5-7-20)30(15-18-8-13-22(26)23(27)14-18)24(32)16-31(36(2,34)35)21-11-9-19(28)10-12-21/h8-14,17,20H,3-7,15-16H2,1-2H3,(H,29,33)/t17-/m0/s1. The molecule has 0 aromatic heterocycles. The molecular formula is C25H30Cl2IN3O4S. The van der Waals surface area contributed by atoms with Crippen molar-refractivity contribution in [2.45, 2.75) is 57.7 Å². The highest BCUT2D eigenvalue weighted by atomic mass is 127. The third kappa shape index (κ3) is 7.97. The molecule has 36 heavy (non-hydrogen) atoms. The third-order valence-corrected chi connectivity index (χ3v) is 8.85. The smallest absolute Gasteiger partial charge is 0.244 e. The van der Waals surface area contributed by atoms with Gasteiger partial charge >= 0.3 is 0 Å². The first-order chi connectivity index (χ1) is 17.0. The molecule has 2 amide bonds. The average molecular weight is 666 g/mol. The zero-order chi connectivity index (χ0) is 26.5. The number of rotatable bonds is 9. The minimum absolute atomic E-state index is 0.0687. The summed E-state index contributed by atoms with van der Waals surface area (Å²) in [6.07, 6.45) is 6.15. The summed E-state index contributed by atoms with van der Waals surface area (Å²) in [6.45, 7) is 1.28. The molecule has 1 aliphatic carbocycles. The molecule has 0 radical (unpaired) electrons. The largest absolute Gasteiger partial charge is 0.352 e. The van der Waals surface area contributed by atoms with Crippen LogP contribution >= 0.6 is 45.8 Å². The van der Waals surface area contributed by atoms with Crippen molar-refractivity contribution >= 4 is 73.3 Å². The van der Waals surface area contributed by atoms with Crippen LogP contribution in [0, 0.1) is 3.57 Å². The fourth-order valence-corrected chi connectivity index (χ4v) is 5.74. The number of halogens is 3. The summed E-state index contributed by atoms with van der Waals surface area (Å²) in [5.41, 5.74) is 1.05. The number of carbonyl (C=O) groups is 2. The van der Waals surface area contributed by atoms with E-state index in [9.17, 15) is 18.0 Å². The number of amides is 2. The van der Waals surface area contributed by atoms with Crippen LogP contribution in [-0.4, -0.2) is 50.0 Å². The van der Waals surface area contributed by atoms with Gasteiger partial charge in [-0.25, -0.2) is 8.42 Å². The molecule has 1 atom stereocenters. The van der Waals surface area contributed by atoms with Gasteiger partial charge < -0.3 is 10.2 Å². The summed E-state index contributed by atoms with van der Waals surface area (Å²) >= 11 is 14.4. The van der Waals surface area contributed by atoms with E-state index in [2.05, 4.69) is 27.9 Å². The van der Waals surface area contributed by atoms with E-state index in [1.54, 1.807) is 49.4 Å². The molecule has 2 aromatic carbocycles. The van der Waals surface area contributed by atoms with E-state index in [4.69, 9.17) is 23.2 Å². The van der Waals surface area contributed by atoms with Crippen LogP contribution < -0.4 is 9.62 Å². The molecule has 0 unspecified atom stereocenters. The molecule has 7 nitrogen and oxygen atoms in total. The van der Waals surface area contributed by atoms with E-state index in [0.29, 0.717) is 21.3 Å². The van der Waals surface area contributed by atoms with Crippen LogP contribution in [0.2, 0.25) is 10.0 Å². The van der Waals surface area contributed by atoms with Crippen molar-refractivity contribution in [2.24, 2.45) is 0 Å². The van der Waals surface area contributed by atoms with Gasteiger partial charge in [0.05, 0.1) is 22.0 Å². The molecule has 1 fully saturated rings. The second kappa shape index (κ2) is 12.8. The number of hydrogen-bond donors (Lipinski definition) is 1. The number of benzene rings is 2. The molecule has 1 saturated carbocycles. The van der Waals surface area contributed by atoms with Gasteiger partial charge in [-0.3, -0.25) is 13.9 Å². The van der Waals surface area contributed by atoms with Gasteiger partial charge in [0.1, 0.15) is 12.6 Å². The number of anilines is 1. The highest BCUT2D eigenvalue weighted by Gasteiger charge is 2.31.